The number of benzene rings is 3. The van der Waals surface area contributed by atoms with E-state index in [-0.39, 0.29) is 38.8 Å². The predicted octanol–water partition coefficient (Wildman–Crippen LogP) is 6.60. The maximum absolute atomic E-state index is 15.6. The van der Waals surface area contributed by atoms with Crippen LogP contribution in [0.25, 0.3) is 0 Å². The number of nitrogens with zero attached hydrogens (tertiary/aromatic N) is 1. The molecule has 0 unspecified atom stereocenters. The van der Waals surface area contributed by atoms with Crippen LogP contribution in [0.5, 0.6) is 0 Å². The number of nitriles is 1. The zero-order valence-electron chi connectivity index (χ0n) is 20.9. The minimum atomic E-state index is -1.88. The van der Waals surface area contributed by atoms with Crippen LogP contribution in [0, 0.1) is 28.8 Å². The first kappa shape index (κ1) is 29.2. The van der Waals surface area contributed by atoms with E-state index in [1.54, 1.807) is 6.92 Å². The smallest absolute Gasteiger partial charge is 0.335 e. The van der Waals surface area contributed by atoms with Crippen LogP contribution in [-0.2, 0) is 10.2 Å². The molecule has 0 spiro atoms. The van der Waals surface area contributed by atoms with E-state index < -0.39 is 52.7 Å². The van der Waals surface area contributed by atoms with Gasteiger partial charge in [-0.05, 0) is 55.3 Å². The molecule has 1 amide bonds. The molecule has 1 aliphatic heterocycles. The third-order valence-electron chi connectivity index (χ3n) is 6.94. The molecule has 1 heterocycles. The monoisotopic (exact) mass is 587 g/mol. The van der Waals surface area contributed by atoms with Gasteiger partial charge >= 0.3 is 5.97 Å². The standard InChI is InChI=1S/C29H22Cl2F3N3O3/c1-14(2)10-23-29(13-35,18-8-7-16(30)12-20(18)32)24(17-4-3-5-19(31)25(17)34)26(37-23)27(38)36-22-9-6-15(28(39)40)11-21(22)33/h3-9,11-12,23-24,26,37H,1,10H2,2H3,(H,36,38)(H,39,40)/t23-,24-,26+,29-/m0/s1. The molecule has 0 aromatic heterocycles. The van der Waals surface area contributed by atoms with Gasteiger partial charge < -0.3 is 15.7 Å². The molecular weight excluding hydrogens is 566 g/mol. The van der Waals surface area contributed by atoms with E-state index in [4.69, 9.17) is 28.3 Å². The second-order valence-electron chi connectivity index (χ2n) is 9.57. The minimum absolute atomic E-state index is 0.0665. The van der Waals surface area contributed by atoms with Gasteiger partial charge in [-0.2, -0.15) is 5.26 Å². The van der Waals surface area contributed by atoms with Gasteiger partial charge in [0.1, 0.15) is 22.9 Å². The van der Waals surface area contributed by atoms with Crippen molar-refractivity contribution in [1.29, 1.82) is 5.26 Å². The van der Waals surface area contributed by atoms with Crippen molar-refractivity contribution in [3.8, 4) is 6.07 Å². The Morgan fingerprint density at radius 2 is 1.85 bits per heavy atom. The summed E-state index contributed by atoms with van der Waals surface area (Å²) in [5, 5.41) is 25.1. The molecule has 3 aromatic carbocycles. The van der Waals surface area contributed by atoms with Crippen molar-refractivity contribution in [1.82, 2.24) is 5.32 Å². The number of amides is 1. The maximum atomic E-state index is 15.6. The zero-order valence-corrected chi connectivity index (χ0v) is 22.5. The Balaban J connectivity index is 1.93. The largest absolute Gasteiger partial charge is 0.478 e. The van der Waals surface area contributed by atoms with Crippen molar-refractivity contribution in [2.24, 2.45) is 0 Å². The molecule has 4 atom stereocenters. The Morgan fingerprint density at radius 1 is 1.12 bits per heavy atom. The average molecular weight is 588 g/mol. The Hall–Kier alpha value is -3.84. The lowest BCUT2D eigenvalue weighted by atomic mass is 9.64. The molecule has 3 N–H and O–H groups in total. The number of carbonyl (C=O) groups is 2. The number of halogens is 5. The molecule has 40 heavy (non-hydrogen) atoms. The summed E-state index contributed by atoms with van der Waals surface area (Å²) in [5.41, 5.74) is -2.24. The van der Waals surface area contributed by atoms with Gasteiger partial charge in [0.15, 0.2) is 0 Å². The topological polar surface area (TPSA) is 102 Å². The lowest BCUT2D eigenvalue weighted by Gasteiger charge is -2.35. The van der Waals surface area contributed by atoms with Gasteiger partial charge in [0.2, 0.25) is 5.91 Å². The molecule has 1 fully saturated rings. The summed E-state index contributed by atoms with van der Waals surface area (Å²) in [6, 6.07) is 10.5. The normalized spacial score (nSPS) is 22.0. The van der Waals surface area contributed by atoms with Gasteiger partial charge in [0, 0.05) is 22.5 Å². The van der Waals surface area contributed by atoms with Crippen LogP contribution >= 0.6 is 23.2 Å². The van der Waals surface area contributed by atoms with Crippen LogP contribution in [0.2, 0.25) is 10.0 Å². The quantitative estimate of drug-likeness (QED) is 0.270. The van der Waals surface area contributed by atoms with Crippen LogP contribution < -0.4 is 10.6 Å². The van der Waals surface area contributed by atoms with Crippen molar-refractivity contribution in [3.05, 3.63) is 111 Å². The Kier molecular flexibility index (Phi) is 8.26. The molecule has 11 heteroatoms. The van der Waals surface area contributed by atoms with Gasteiger partial charge in [-0.3, -0.25) is 4.79 Å². The first-order valence-corrected chi connectivity index (χ1v) is 12.7. The van der Waals surface area contributed by atoms with Crippen molar-refractivity contribution >= 4 is 40.8 Å². The molecule has 1 aliphatic rings. The van der Waals surface area contributed by atoms with E-state index >= 15 is 8.78 Å². The first-order chi connectivity index (χ1) is 18.9. The summed E-state index contributed by atoms with van der Waals surface area (Å²) in [7, 11) is 0. The fourth-order valence-electron chi connectivity index (χ4n) is 5.25. The minimum Gasteiger partial charge on any atom is -0.478 e. The van der Waals surface area contributed by atoms with E-state index in [0.29, 0.717) is 5.57 Å². The van der Waals surface area contributed by atoms with Crippen molar-refractivity contribution in [2.45, 2.75) is 36.8 Å². The van der Waals surface area contributed by atoms with Gasteiger partial charge in [0.05, 0.1) is 28.4 Å². The number of carboxylic acid groups (broad SMARTS) is 1. The predicted molar refractivity (Wildman–Crippen MR) is 145 cm³/mol. The highest BCUT2D eigenvalue weighted by atomic mass is 35.5. The molecule has 0 aliphatic carbocycles. The van der Waals surface area contributed by atoms with E-state index in [0.717, 1.165) is 24.3 Å². The molecule has 0 radical (unpaired) electrons. The number of aromatic carboxylic acids is 1. The van der Waals surface area contributed by atoms with E-state index in [9.17, 15) is 19.2 Å². The number of rotatable bonds is 7. The van der Waals surface area contributed by atoms with Crippen LogP contribution in [0.1, 0.15) is 40.7 Å². The number of hydrogen-bond donors (Lipinski definition) is 3. The van der Waals surface area contributed by atoms with E-state index in [2.05, 4.69) is 23.3 Å². The molecule has 0 saturated carbocycles. The first-order valence-electron chi connectivity index (χ1n) is 12.0. The van der Waals surface area contributed by atoms with Crippen molar-refractivity contribution in [3.63, 3.8) is 0 Å². The van der Waals surface area contributed by atoms with Crippen LogP contribution in [0.15, 0.2) is 66.7 Å². The number of anilines is 1. The summed E-state index contributed by atoms with van der Waals surface area (Å²) in [6.07, 6.45) is 0.0970. The maximum Gasteiger partial charge on any atom is 0.335 e. The molecule has 206 valence electrons. The highest BCUT2D eigenvalue weighted by Crippen LogP contribution is 2.52. The molecule has 6 nitrogen and oxygen atoms in total. The summed E-state index contributed by atoms with van der Waals surface area (Å²) in [5.74, 6) is -6.37. The van der Waals surface area contributed by atoms with Crippen LogP contribution in [0.4, 0.5) is 18.9 Å². The summed E-state index contributed by atoms with van der Waals surface area (Å²) >= 11 is 12.1. The third kappa shape index (κ3) is 5.18. The summed E-state index contributed by atoms with van der Waals surface area (Å²) in [4.78, 5) is 24.9. The summed E-state index contributed by atoms with van der Waals surface area (Å²) < 4.78 is 45.9. The fraction of sp³-hybridized carbons (Fsp3) is 0.207. The van der Waals surface area contributed by atoms with Gasteiger partial charge in [-0.1, -0.05) is 47.0 Å². The molecule has 4 rings (SSSR count). The van der Waals surface area contributed by atoms with Crippen molar-refractivity contribution in [2.75, 3.05) is 5.32 Å². The second-order valence-corrected chi connectivity index (χ2v) is 10.4. The molecular formula is C29H22Cl2F3N3O3. The SMILES string of the molecule is C=C(C)C[C@@H]1N[C@@H](C(=O)Nc2ccc(C(=O)O)cc2F)[C@H](c2cccc(Cl)c2F)[C@@]1(C#N)c1ccc(Cl)cc1F. The lowest BCUT2D eigenvalue weighted by molar-refractivity contribution is -0.118. The number of carboxylic acids is 1. The Morgan fingerprint density at radius 3 is 2.45 bits per heavy atom. The summed E-state index contributed by atoms with van der Waals surface area (Å²) in [6.45, 7) is 5.58. The Bertz CT molecular complexity index is 1580. The van der Waals surface area contributed by atoms with E-state index in [1.165, 1.54) is 30.3 Å². The zero-order chi connectivity index (χ0) is 29.4. The van der Waals surface area contributed by atoms with Crippen molar-refractivity contribution < 1.29 is 27.9 Å². The number of nitrogens with one attached hydrogen (secondary N) is 2. The Labute approximate surface area is 238 Å². The lowest BCUT2D eigenvalue weighted by Crippen LogP contribution is -2.43. The highest BCUT2D eigenvalue weighted by molar-refractivity contribution is 6.31. The second kappa shape index (κ2) is 11.3. The fourth-order valence-corrected chi connectivity index (χ4v) is 5.59. The third-order valence-corrected chi connectivity index (χ3v) is 7.47. The number of hydrogen-bond acceptors (Lipinski definition) is 4. The highest BCUT2D eigenvalue weighted by Gasteiger charge is 2.60. The number of carbonyl (C=O) groups excluding carboxylic acids is 1. The van der Waals surface area contributed by atoms with Crippen LogP contribution in [0.3, 0.4) is 0 Å². The van der Waals surface area contributed by atoms with Crippen LogP contribution in [-0.4, -0.2) is 29.1 Å². The molecule has 1 saturated heterocycles. The molecule has 0 bridgehead atoms. The van der Waals surface area contributed by atoms with Gasteiger partial charge in [-0.15, -0.1) is 6.58 Å². The van der Waals surface area contributed by atoms with E-state index in [1.807, 2.05) is 0 Å². The van der Waals surface area contributed by atoms with Gasteiger partial charge in [-0.25, -0.2) is 18.0 Å². The molecule has 3 aromatic rings. The average Bonchev–Trinajstić information content (AvgIpc) is 3.20. The van der Waals surface area contributed by atoms with Gasteiger partial charge in [0.25, 0.3) is 0 Å².